The fourth-order valence-electron chi connectivity index (χ4n) is 2.61. The molecule has 144 valence electrons. The van der Waals surface area contributed by atoms with Crippen LogP contribution in [0.5, 0.6) is 5.75 Å². The molecule has 9 nitrogen and oxygen atoms in total. The van der Waals surface area contributed by atoms with E-state index in [9.17, 15) is 19.2 Å². The van der Waals surface area contributed by atoms with Gasteiger partial charge in [0.25, 0.3) is 17.0 Å². The van der Waals surface area contributed by atoms with Crippen LogP contribution >= 0.6 is 0 Å². The Kier molecular flexibility index (Phi) is 5.54. The number of methoxy groups -OCH3 is 1. The average Bonchev–Trinajstić information content (AvgIpc) is 2.71. The van der Waals surface area contributed by atoms with Crippen molar-refractivity contribution in [2.45, 2.75) is 6.54 Å². The number of fused-ring (bicyclic) bond motifs is 1. The molecule has 0 radical (unpaired) electrons. The third-order valence-electron chi connectivity index (χ3n) is 3.92. The lowest BCUT2D eigenvalue weighted by atomic mass is 10.2. The first-order chi connectivity index (χ1) is 13.5. The molecule has 0 aliphatic rings. The molecule has 2 aromatic carbocycles. The van der Waals surface area contributed by atoms with Crippen molar-refractivity contribution in [3.8, 4) is 5.75 Å². The monoisotopic (exact) mass is 383 g/mol. The fourth-order valence-corrected chi connectivity index (χ4v) is 2.61. The summed E-state index contributed by atoms with van der Waals surface area (Å²) in [5.41, 5.74) is -0.608. The molecule has 1 amide bonds. The molecule has 0 bridgehead atoms. The number of aromatic nitrogens is 2. The summed E-state index contributed by atoms with van der Waals surface area (Å²) in [7, 11) is 1.47. The number of nitrogens with one attached hydrogen (secondary N) is 2. The third kappa shape index (κ3) is 4.09. The molecular weight excluding hydrogens is 366 g/mol. The van der Waals surface area contributed by atoms with Crippen LogP contribution in [0.1, 0.15) is 0 Å². The molecule has 0 saturated carbocycles. The molecule has 0 spiro atoms. The Bertz CT molecular complexity index is 1150. The molecule has 0 saturated heterocycles. The van der Waals surface area contributed by atoms with Crippen LogP contribution in [0.15, 0.2) is 58.1 Å². The number of hydrogen-bond acceptors (Lipinski definition) is 6. The number of hydrogen-bond donors (Lipinski definition) is 2. The Morgan fingerprint density at radius 2 is 1.71 bits per heavy atom. The zero-order chi connectivity index (χ0) is 20.1. The van der Waals surface area contributed by atoms with E-state index in [1.165, 1.54) is 19.2 Å². The van der Waals surface area contributed by atoms with E-state index in [1.807, 2.05) is 0 Å². The van der Waals surface area contributed by atoms with Crippen LogP contribution in [-0.4, -0.2) is 35.4 Å². The van der Waals surface area contributed by atoms with Crippen LogP contribution in [0.4, 0.5) is 5.69 Å². The van der Waals surface area contributed by atoms with Gasteiger partial charge >= 0.3 is 5.97 Å². The maximum Gasteiger partial charge on any atom is 0.328 e. The number of anilines is 1. The summed E-state index contributed by atoms with van der Waals surface area (Å²) in [4.78, 5) is 48.3. The van der Waals surface area contributed by atoms with E-state index in [-0.39, 0.29) is 10.8 Å². The fraction of sp³-hybridized carbons (Fsp3) is 0.158. The number of benzene rings is 2. The quantitative estimate of drug-likeness (QED) is 0.610. The molecule has 0 atom stereocenters. The van der Waals surface area contributed by atoms with Crippen molar-refractivity contribution in [3.05, 3.63) is 69.2 Å². The maximum atomic E-state index is 12.4. The number of aromatic amines is 1. The maximum absolute atomic E-state index is 12.4. The minimum absolute atomic E-state index is 0.188. The zero-order valence-corrected chi connectivity index (χ0v) is 14.9. The number of H-pyrrole nitrogens is 1. The summed E-state index contributed by atoms with van der Waals surface area (Å²) < 4.78 is 10.9. The summed E-state index contributed by atoms with van der Waals surface area (Å²) in [5.74, 6) is -0.956. The van der Waals surface area contributed by atoms with Crippen molar-refractivity contribution in [1.82, 2.24) is 9.78 Å². The number of esters is 1. The Morgan fingerprint density at radius 3 is 2.46 bits per heavy atom. The van der Waals surface area contributed by atoms with Crippen molar-refractivity contribution >= 4 is 28.3 Å². The van der Waals surface area contributed by atoms with Crippen LogP contribution in [-0.2, 0) is 20.9 Å². The summed E-state index contributed by atoms with van der Waals surface area (Å²) >= 11 is 0. The minimum atomic E-state index is -0.844. The van der Waals surface area contributed by atoms with Gasteiger partial charge in [0.15, 0.2) is 6.61 Å². The number of nitrogens with zero attached hydrogens (tertiary/aromatic N) is 1. The van der Waals surface area contributed by atoms with Gasteiger partial charge in [-0.1, -0.05) is 24.3 Å². The van der Waals surface area contributed by atoms with E-state index in [0.29, 0.717) is 11.4 Å². The first kappa shape index (κ1) is 18.9. The number of carbonyl (C=O) groups is 2. The molecule has 0 aliphatic heterocycles. The minimum Gasteiger partial charge on any atom is -0.495 e. The van der Waals surface area contributed by atoms with Crippen molar-refractivity contribution in [1.29, 1.82) is 0 Å². The van der Waals surface area contributed by atoms with Crippen LogP contribution in [0.2, 0.25) is 0 Å². The Morgan fingerprint density at radius 1 is 1.04 bits per heavy atom. The Labute approximate surface area is 158 Å². The molecule has 3 rings (SSSR count). The molecule has 3 aromatic rings. The summed E-state index contributed by atoms with van der Waals surface area (Å²) in [5, 5.41) is 5.30. The van der Waals surface area contributed by atoms with Gasteiger partial charge < -0.3 is 14.8 Å². The van der Waals surface area contributed by atoms with E-state index in [2.05, 4.69) is 10.4 Å². The molecular formula is C19H17N3O6. The highest BCUT2D eigenvalue weighted by Crippen LogP contribution is 2.22. The van der Waals surface area contributed by atoms with E-state index in [4.69, 9.17) is 9.47 Å². The topological polar surface area (TPSA) is 119 Å². The second-order valence-corrected chi connectivity index (χ2v) is 5.79. The van der Waals surface area contributed by atoms with E-state index in [0.717, 1.165) is 4.68 Å². The molecule has 1 aromatic heterocycles. The van der Waals surface area contributed by atoms with E-state index >= 15 is 0 Å². The van der Waals surface area contributed by atoms with Gasteiger partial charge in [0, 0.05) is 0 Å². The molecule has 0 aliphatic carbocycles. The van der Waals surface area contributed by atoms with Crippen LogP contribution in [0, 0.1) is 0 Å². The van der Waals surface area contributed by atoms with Gasteiger partial charge in [0.2, 0.25) is 0 Å². The SMILES string of the molecule is COc1ccccc1NC(=O)COC(=O)Cn1[nH]c(=O)c2ccccc2c1=O. The van der Waals surface area contributed by atoms with Gasteiger partial charge in [-0.15, -0.1) is 0 Å². The van der Waals surface area contributed by atoms with Gasteiger partial charge in [-0.3, -0.25) is 24.3 Å². The lowest BCUT2D eigenvalue weighted by Gasteiger charge is -2.10. The lowest BCUT2D eigenvalue weighted by molar-refractivity contribution is -0.148. The third-order valence-corrected chi connectivity index (χ3v) is 3.92. The molecule has 2 N–H and O–H groups in total. The van der Waals surface area contributed by atoms with Crippen LogP contribution in [0.3, 0.4) is 0 Å². The normalized spacial score (nSPS) is 10.5. The van der Waals surface area contributed by atoms with Gasteiger partial charge in [0.1, 0.15) is 12.3 Å². The Hall–Kier alpha value is -3.88. The first-order valence-electron chi connectivity index (χ1n) is 8.30. The first-order valence-corrected chi connectivity index (χ1v) is 8.30. The second-order valence-electron chi connectivity index (χ2n) is 5.79. The van der Waals surface area contributed by atoms with Crippen molar-refractivity contribution < 1.29 is 19.1 Å². The number of para-hydroxylation sites is 2. The van der Waals surface area contributed by atoms with Gasteiger partial charge in [-0.2, -0.15) is 0 Å². The summed E-state index contributed by atoms with van der Waals surface area (Å²) in [6, 6.07) is 13.0. The van der Waals surface area contributed by atoms with Crippen LogP contribution < -0.4 is 21.2 Å². The highest BCUT2D eigenvalue weighted by Gasteiger charge is 2.13. The number of ether oxygens (including phenoxy) is 2. The van der Waals surface area contributed by atoms with E-state index < -0.39 is 36.1 Å². The predicted molar refractivity (Wildman–Crippen MR) is 101 cm³/mol. The number of carbonyl (C=O) groups excluding carboxylic acids is 2. The standard InChI is InChI=1S/C19H17N3O6/c1-27-15-9-5-4-8-14(15)20-16(23)11-28-17(24)10-22-19(26)13-7-3-2-6-12(13)18(25)21-22/h2-9H,10-11H2,1H3,(H,20,23)(H,21,25). The molecule has 1 heterocycles. The highest BCUT2D eigenvalue weighted by atomic mass is 16.5. The van der Waals surface area contributed by atoms with Gasteiger partial charge in [-0.05, 0) is 24.3 Å². The van der Waals surface area contributed by atoms with Crippen molar-refractivity contribution in [2.24, 2.45) is 0 Å². The van der Waals surface area contributed by atoms with Crippen molar-refractivity contribution in [2.75, 3.05) is 19.0 Å². The van der Waals surface area contributed by atoms with Crippen molar-refractivity contribution in [3.63, 3.8) is 0 Å². The predicted octanol–water partition coefficient (Wildman–Crippen LogP) is 0.880. The smallest absolute Gasteiger partial charge is 0.328 e. The second kappa shape index (κ2) is 8.21. The van der Waals surface area contributed by atoms with Gasteiger partial charge in [-0.25, -0.2) is 4.68 Å². The average molecular weight is 383 g/mol. The number of amides is 1. The largest absolute Gasteiger partial charge is 0.495 e. The van der Waals surface area contributed by atoms with E-state index in [1.54, 1.807) is 36.4 Å². The van der Waals surface area contributed by atoms with Gasteiger partial charge in [0.05, 0.1) is 23.6 Å². The molecule has 0 fully saturated rings. The number of rotatable bonds is 6. The highest BCUT2D eigenvalue weighted by molar-refractivity contribution is 5.94. The summed E-state index contributed by atoms with van der Waals surface area (Å²) in [6.45, 7) is -1.08. The zero-order valence-electron chi connectivity index (χ0n) is 14.9. The molecule has 0 unspecified atom stereocenters. The molecule has 9 heteroatoms. The lowest BCUT2D eigenvalue weighted by Crippen LogP contribution is -2.33. The van der Waals surface area contributed by atoms with Crippen LogP contribution in [0.25, 0.3) is 10.8 Å². The summed E-state index contributed by atoms with van der Waals surface area (Å²) in [6.07, 6.45) is 0. The Balaban J connectivity index is 1.64. The molecule has 28 heavy (non-hydrogen) atoms.